The fourth-order valence-corrected chi connectivity index (χ4v) is 1.72. The Morgan fingerprint density at radius 3 is 2.79 bits per heavy atom. The van der Waals surface area contributed by atoms with Gasteiger partial charge in [-0.3, -0.25) is 0 Å². The largest absolute Gasteiger partial charge is 0.324 e. The molecular formula is C12H18ClN. The molecule has 2 heteroatoms. The molecule has 0 aromatic heterocycles. The quantitative estimate of drug-likeness (QED) is 0.735. The monoisotopic (exact) mass is 211 g/mol. The number of benzene rings is 1. The van der Waals surface area contributed by atoms with Gasteiger partial charge in [0.2, 0.25) is 0 Å². The second kappa shape index (κ2) is 6.05. The normalized spacial score (nSPS) is 12.8. The summed E-state index contributed by atoms with van der Waals surface area (Å²) in [5.41, 5.74) is 7.19. The average molecular weight is 212 g/mol. The standard InChI is InChI=1S/C12H18ClN/c1-2-3-4-8-12(14)10-6-5-7-11(13)9-10/h5-7,9,12H,2-4,8,14H2,1H3. The topological polar surface area (TPSA) is 26.0 Å². The first-order chi connectivity index (χ1) is 6.74. The highest BCUT2D eigenvalue weighted by Crippen LogP contribution is 2.20. The van der Waals surface area contributed by atoms with Crippen molar-refractivity contribution >= 4 is 11.6 Å². The maximum atomic E-state index is 6.05. The molecular weight excluding hydrogens is 194 g/mol. The van der Waals surface area contributed by atoms with Crippen LogP contribution in [0.2, 0.25) is 5.02 Å². The molecule has 0 bridgehead atoms. The van der Waals surface area contributed by atoms with Gasteiger partial charge in [0.15, 0.2) is 0 Å². The molecule has 1 rings (SSSR count). The van der Waals surface area contributed by atoms with Crippen molar-refractivity contribution in [2.45, 2.75) is 38.6 Å². The molecule has 0 fully saturated rings. The van der Waals surface area contributed by atoms with Gasteiger partial charge in [-0.2, -0.15) is 0 Å². The number of hydrogen-bond donors (Lipinski definition) is 1. The Morgan fingerprint density at radius 2 is 2.14 bits per heavy atom. The van der Waals surface area contributed by atoms with Crippen molar-refractivity contribution in [1.29, 1.82) is 0 Å². The molecule has 0 spiro atoms. The van der Waals surface area contributed by atoms with Crippen molar-refractivity contribution in [3.05, 3.63) is 34.9 Å². The second-order valence-electron chi connectivity index (χ2n) is 3.66. The smallest absolute Gasteiger partial charge is 0.0409 e. The van der Waals surface area contributed by atoms with Crippen LogP contribution in [0.5, 0.6) is 0 Å². The maximum Gasteiger partial charge on any atom is 0.0409 e. The zero-order chi connectivity index (χ0) is 10.4. The van der Waals surface area contributed by atoms with Crippen LogP contribution in [0.1, 0.15) is 44.2 Å². The summed E-state index contributed by atoms with van der Waals surface area (Å²) < 4.78 is 0. The van der Waals surface area contributed by atoms with Gasteiger partial charge in [0.05, 0.1) is 0 Å². The summed E-state index contributed by atoms with van der Waals surface area (Å²) in [7, 11) is 0. The van der Waals surface area contributed by atoms with Gasteiger partial charge in [-0.15, -0.1) is 0 Å². The molecule has 2 N–H and O–H groups in total. The van der Waals surface area contributed by atoms with E-state index in [0.717, 1.165) is 17.0 Å². The van der Waals surface area contributed by atoms with Gasteiger partial charge in [-0.25, -0.2) is 0 Å². The van der Waals surface area contributed by atoms with Crippen LogP contribution < -0.4 is 5.73 Å². The van der Waals surface area contributed by atoms with Crippen LogP contribution in [0, 0.1) is 0 Å². The van der Waals surface area contributed by atoms with Crippen LogP contribution in [0.15, 0.2) is 24.3 Å². The van der Waals surface area contributed by atoms with Crippen molar-refractivity contribution in [2.75, 3.05) is 0 Å². The van der Waals surface area contributed by atoms with E-state index in [2.05, 4.69) is 6.92 Å². The van der Waals surface area contributed by atoms with Gasteiger partial charge in [0, 0.05) is 11.1 Å². The number of halogens is 1. The fraction of sp³-hybridized carbons (Fsp3) is 0.500. The molecule has 0 saturated carbocycles. The molecule has 1 atom stereocenters. The van der Waals surface area contributed by atoms with E-state index in [0.29, 0.717) is 0 Å². The van der Waals surface area contributed by atoms with Gasteiger partial charge in [-0.1, -0.05) is 49.9 Å². The first-order valence-electron chi connectivity index (χ1n) is 5.25. The van der Waals surface area contributed by atoms with E-state index in [9.17, 15) is 0 Å². The lowest BCUT2D eigenvalue weighted by atomic mass is 10.0. The summed E-state index contributed by atoms with van der Waals surface area (Å²) in [6, 6.07) is 7.97. The molecule has 1 nitrogen and oxygen atoms in total. The summed E-state index contributed by atoms with van der Waals surface area (Å²) in [4.78, 5) is 0. The van der Waals surface area contributed by atoms with E-state index >= 15 is 0 Å². The zero-order valence-electron chi connectivity index (χ0n) is 8.67. The van der Waals surface area contributed by atoms with Gasteiger partial charge in [0.25, 0.3) is 0 Å². The first-order valence-corrected chi connectivity index (χ1v) is 5.63. The minimum absolute atomic E-state index is 0.139. The highest BCUT2D eigenvalue weighted by atomic mass is 35.5. The Hall–Kier alpha value is -0.530. The molecule has 0 aliphatic heterocycles. The predicted molar refractivity (Wildman–Crippen MR) is 62.5 cm³/mol. The Bertz CT molecular complexity index is 273. The van der Waals surface area contributed by atoms with Crippen LogP contribution in [-0.4, -0.2) is 0 Å². The van der Waals surface area contributed by atoms with Crippen LogP contribution in [0.25, 0.3) is 0 Å². The Labute approximate surface area is 91.3 Å². The lowest BCUT2D eigenvalue weighted by Gasteiger charge is -2.11. The highest BCUT2D eigenvalue weighted by Gasteiger charge is 2.05. The molecule has 0 heterocycles. The maximum absolute atomic E-state index is 6.05. The van der Waals surface area contributed by atoms with Gasteiger partial charge in [-0.05, 0) is 24.1 Å². The van der Waals surface area contributed by atoms with E-state index < -0.39 is 0 Å². The number of nitrogens with two attached hydrogens (primary N) is 1. The lowest BCUT2D eigenvalue weighted by molar-refractivity contribution is 0.581. The Morgan fingerprint density at radius 1 is 1.36 bits per heavy atom. The SMILES string of the molecule is CCCCCC(N)c1cccc(Cl)c1. The molecule has 1 aromatic carbocycles. The van der Waals surface area contributed by atoms with Crippen LogP contribution in [0.3, 0.4) is 0 Å². The van der Waals surface area contributed by atoms with E-state index in [4.69, 9.17) is 17.3 Å². The number of rotatable bonds is 5. The Kier molecular flexibility index (Phi) is 4.99. The third-order valence-corrected chi connectivity index (χ3v) is 2.63. The van der Waals surface area contributed by atoms with E-state index in [-0.39, 0.29) is 6.04 Å². The van der Waals surface area contributed by atoms with E-state index in [1.807, 2.05) is 24.3 Å². The summed E-state index contributed by atoms with van der Waals surface area (Å²) in [5.74, 6) is 0. The molecule has 1 unspecified atom stereocenters. The average Bonchev–Trinajstić information content (AvgIpc) is 2.18. The van der Waals surface area contributed by atoms with Crippen molar-refractivity contribution in [2.24, 2.45) is 5.73 Å². The summed E-state index contributed by atoms with van der Waals surface area (Å²) in [5, 5.41) is 0.772. The molecule has 0 saturated heterocycles. The summed E-state index contributed by atoms with van der Waals surface area (Å²) >= 11 is 5.89. The molecule has 1 aromatic rings. The third-order valence-electron chi connectivity index (χ3n) is 2.40. The molecule has 78 valence electrons. The van der Waals surface area contributed by atoms with Gasteiger partial charge in [0.1, 0.15) is 0 Å². The van der Waals surface area contributed by atoms with Crippen LogP contribution in [-0.2, 0) is 0 Å². The summed E-state index contributed by atoms with van der Waals surface area (Å²) in [6.07, 6.45) is 4.74. The second-order valence-corrected chi connectivity index (χ2v) is 4.09. The number of hydrogen-bond acceptors (Lipinski definition) is 1. The van der Waals surface area contributed by atoms with Gasteiger partial charge < -0.3 is 5.73 Å². The van der Waals surface area contributed by atoms with E-state index in [1.54, 1.807) is 0 Å². The Balaban J connectivity index is 2.47. The van der Waals surface area contributed by atoms with E-state index in [1.165, 1.54) is 19.3 Å². The minimum Gasteiger partial charge on any atom is -0.324 e. The fourth-order valence-electron chi connectivity index (χ4n) is 1.52. The molecule has 0 radical (unpaired) electrons. The lowest BCUT2D eigenvalue weighted by Crippen LogP contribution is -2.09. The van der Waals surface area contributed by atoms with Crippen molar-refractivity contribution in [3.63, 3.8) is 0 Å². The minimum atomic E-state index is 0.139. The molecule has 0 amide bonds. The molecule has 0 aliphatic rings. The number of unbranched alkanes of at least 4 members (excludes halogenated alkanes) is 2. The van der Waals surface area contributed by atoms with Crippen LogP contribution >= 0.6 is 11.6 Å². The predicted octanol–water partition coefficient (Wildman–Crippen LogP) is 3.92. The van der Waals surface area contributed by atoms with Crippen LogP contribution in [0.4, 0.5) is 0 Å². The highest BCUT2D eigenvalue weighted by molar-refractivity contribution is 6.30. The first kappa shape index (κ1) is 11.5. The molecule has 0 aliphatic carbocycles. The molecule has 14 heavy (non-hydrogen) atoms. The third kappa shape index (κ3) is 3.69. The van der Waals surface area contributed by atoms with Gasteiger partial charge >= 0.3 is 0 Å². The summed E-state index contributed by atoms with van der Waals surface area (Å²) in [6.45, 7) is 2.20. The zero-order valence-corrected chi connectivity index (χ0v) is 9.43. The van der Waals surface area contributed by atoms with Crippen molar-refractivity contribution in [1.82, 2.24) is 0 Å². The van der Waals surface area contributed by atoms with Crippen molar-refractivity contribution < 1.29 is 0 Å². The van der Waals surface area contributed by atoms with Crippen molar-refractivity contribution in [3.8, 4) is 0 Å².